The summed E-state index contributed by atoms with van der Waals surface area (Å²) >= 11 is 4.31. The number of fused-ring (bicyclic) bond motifs is 8. The van der Waals surface area contributed by atoms with Gasteiger partial charge in [0.25, 0.3) is 0 Å². The van der Waals surface area contributed by atoms with Gasteiger partial charge in [0.2, 0.25) is 0 Å². The number of halogens is 1. The molecule has 0 saturated carbocycles. The van der Waals surface area contributed by atoms with Gasteiger partial charge in [0, 0.05) is 37.7 Å². The predicted molar refractivity (Wildman–Crippen MR) is 131 cm³/mol. The number of nitrogens with zero attached hydrogens (tertiary/aromatic N) is 2. The van der Waals surface area contributed by atoms with Crippen LogP contribution in [0.1, 0.15) is 0 Å². The normalized spacial score (nSPS) is 13.0. The molecule has 5 heteroatoms. The second-order valence-electron chi connectivity index (χ2n) is 7.58. The lowest BCUT2D eigenvalue weighted by Crippen LogP contribution is -1.84. The summed E-state index contributed by atoms with van der Waals surface area (Å²) in [5, 5.41) is 6.40. The van der Waals surface area contributed by atoms with Crippen molar-refractivity contribution in [1.82, 2.24) is 7.18 Å². The van der Waals surface area contributed by atoms with Gasteiger partial charge in [-0.2, -0.15) is 0 Å². The molecular formula is C24H11IN2OS. The zero-order chi connectivity index (χ0) is 18.9. The van der Waals surface area contributed by atoms with E-state index in [0.29, 0.717) is 0 Å². The van der Waals surface area contributed by atoms with Crippen LogP contribution in [0.2, 0.25) is 0 Å². The Hall–Kier alpha value is -2.77. The highest BCUT2D eigenvalue weighted by molar-refractivity contribution is 14.1. The fourth-order valence-electron chi connectivity index (χ4n) is 5.16. The fraction of sp³-hybridized carbons (Fsp3) is 0. The zero-order valence-corrected chi connectivity index (χ0v) is 17.9. The van der Waals surface area contributed by atoms with Crippen LogP contribution in [0.3, 0.4) is 0 Å². The van der Waals surface area contributed by atoms with Gasteiger partial charge in [-0.15, -0.1) is 11.3 Å². The molecule has 0 saturated heterocycles. The van der Waals surface area contributed by atoms with Crippen LogP contribution in [0.4, 0.5) is 0 Å². The summed E-state index contributed by atoms with van der Waals surface area (Å²) in [4.78, 5) is 0. The number of furan rings is 1. The minimum absolute atomic E-state index is 0.949. The summed E-state index contributed by atoms with van der Waals surface area (Å²) in [5.41, 5.74) is 7.15. The van der Waals surface area contributed by atoms with Crippen molar-refractivity contribution in [1.29, 1.82) is 0 Å². The summed E-state index contributed by atoms with van der Waals surface area (Å²) in [6, 6.07) is 21.9. The van der Waals surface area contributed by atoms with Crippen molar-refractivity contribution < 1.29 is 4.42 Å². The van der Waals surface area contributed by atoms with E-state index in [0.717, 1.165) is 11.1 Å². The van der Waals surface area contributed by atoms with Gasteiger partial charge >= 0.3 is 0 Å². The molecule has 0 amide bonds. The lowest BCUT2D eigenvalue weighted by atomic mass is 10.1. The van der Waals surface area contributed by atoms with Gasteiger partial charge in [0.1, 0.15) is 0 Å². The largest absolute Gasteiger partial charge is 0.462 e. The minimum atomic E-state index is 0.949. The van der Waals surface area contributed by atoms with Gasteiger partial charge in [-0.25, -0.2) is 0 Å². The number of benzene rings is 3. The molecule has 8 aromatic rings. The van der Waals surface area contributed by atoms with E-state index in [9.17, 15) is 0 Å². The first kappa shape index (κ1) is 15.1. The minimum Gasteiger partial charge on any atom is -0.462 e. The highest BCUT2D eigenvalue weighted by atomic mass is 127. The van der Waals surface area contributed by atoms with Crippen molar-refractivity contribution in [2.45, 2.75) is 0 Å². The first-order chi connectivity index (χ1) is 14.3. The molecule has 0 unspecified atom stereocenters. The Labute approximate surface area is 181 Å². The van der Waals surface area contributed by atoms with Crippen molar-refractivity contribution in [3.63, 3.8) is 0 Å². The molecule has 0 bridgehead atoms. The van der Waals surface area contributed by atoms with Crippen molar-refractivity contribution in [3.8, 4) is 0 Å². The summed E-state index contributed by atoms with van der Waals surface area (Å²) in [5.74, 6) is 0. The van der Waals surface area contributed by atoms with Gasteiger partial charge in [-0.05, 0) is 24.3 Å². The van der Waals surface area contributed by atoms with Gasteiger partial charge in [0.15, 0.2) is 5.58 Å². The molecule has 0 N–H and O–H groups in total. The van der Waals surface area contributed by atoms with Crippen LogP contribution < -0.4 is 0 Å². The monoisotopic (exact) mass is 502 g/mol. The second-order valence-corrected chi connectivity index (χ2v) is 9.60. The summed E-state index contributed by atoms with van der Waals surface area (Å²) in [7, 11) is 0. The third-order valence-electron chi connectivity index (χ3n) is 6.26. The molecule has 5 aromatic heterocycles. The number of thiophene rings is 1. The van der Waals surface area contributed by atoms with Crippen molar-refractivity contribution >= 4 is 104 Å². The SMILES string of the molecule is In1c2cccc3c4occc4n4c5c6ccccc6sc5c5ccc1c(c32)c54. The molecule has 136 valence electrons. The highest BCUT2D eigenvalue weighted by Crippen LogP contribution is 2.48. The van der Waals surface area contributed by atoms with Crippen LogP contribution >= 0.6 is 34.2 Å². The number of hydrogen-bond acceptors (Lipinski definition) is 2. The van der Waals surface area contributed by atoms with E-state index in [-0.39, 0.29) is 0 Å². The highest BCUT2D eigenvalue weighted by Gasteiger charge is 2.24. The maximum absolute atomic E-state index is 6.11. The van der Waals surface area contributed by atoms with Crippen molar-refractivity contribution in [2.24, 2.45) is 0 Å². The standard InChI is InChI=1S/C24H11IN2OS/c25-27-15-6-3-5-13-19(15)20-16(27)9-8-14-21(20)26(17-10-11-28-23(13)17)22-12-4-1-2-7-18(12)29-24(14)22/h1-11H. The maximum atomic E-state index is 6.11. The number of rotatable bonds is 0. The Morgan fingerprint density at radius 2 is 1.59 bits per heavy atom. The molecule has 0 atom stereocenters. The molecule has 8 rings (SSSR count). The van der Waals surface area contributed by atoms with E-state index in [1.54, 1.807) is 0 Å². The van der Waals surface area contributed by atoms with Gasteiger partial charge in [-0.1, -0.05) is 30.3 Å². The van der Waals surface area contributed by atoms with E-state index in [2.05, 4.69) is 90.7 Å². The van der Waals surface area contributed by atoms with E-state index >= 15 is 0 Å². The molecule has 0 aliphatic rings. The van der Waals surface area contributed by atoms with Crippen LogP contribution in [-0.2, 0) is 0 Å². The molecule has 0 spiro atoms. The average Bonchev–Trinajstić information content (AvgIpc) is 3.48. The van der Waals surface area contributed by atoms with Crippen LogP contribution in [-0.4, -0.2) is 7.18 Å². The van der Waals surface area contributed by atoms with Gasteiger partial charge < -0.3 is 8.82 Å². The third-order valence-corrected chi connectivity index (χ3v) is 8.50. The molecule has 29 heavy (non-hydrogen) atoms. The number of aromatic nitrogens is 2. The zero-order valence-electron chi connectivity index (χ0n) is 14.9. The first-order valence-electron chi connectivity index (χ1n) is 9.49. The van der Waals surface area contributed by atoms with E-state index in [1.165, 1.54) is 58.4 Å². The Bertz CT molecular complexity index is 1930. The average molecular weight is 502 g/mol. The van der Waals surface area contributed by atoms with Crippen molar-refractivity contribution in [3.05, 3.63) is 66.9 Å². The number of hydrogen-bond donors (Lipinski definition) is 0. The lowest BCUT2D eigenvalue weighted by molar-refractivity contribution is 0.619. The van der Waals surface area contributed by atoms with E-state index < -0.39 is 0 Å². The van der Waals surface area contributed by atoms with Crippen LogP contribution in [0.15, 0.2) is 71.3 Å². The smallest absolute Gasteiger partial charge is 0.158 e. The molecule has 5 heterocycles. The quantitative estimate of drug-likeness (QED) is 0.193. The summed E-state index contributed by atoms with van der Waals surface area (Å²) in [6.07, 6.45) is 1.82. The molecule has 0 aliphatic carbocycles. The predicted octanol–water partition coefficient (Wildman–Crippen LogP) is 7.95. The second kappa shape index (κ2) is 4.86. The topological polar surface area (TPSA) is 22.5 Å². The fourth-order valence-corrected chi connectivity index (χ4v) is 7.18. The Morgan fingerprint density at radius 1 is 0.724 bits per heavy atom. The molecule has 0 aliphatic heterocycles. The van der Waals surface area contributed by atoms with Crippen molar-refractivity contribution in [2.75, 3.05) is 0 Å². The molecule has 0 radical (unpaired) electrons. The maximum Gasteiger partial charge on any atom is 0.158 e. The first-order valence-corrected chi connectivity index (χ1v) is 11.3. The van der Waals surface area contributed by atoms with Gasteiger partial charge in [0.05, 0.1) is 61.4 Å². The lowest BCUT2D eigenvalue weighted by Gasteiger charge is -2.00. The van der Waals surface area contributed by atoms with E-state index in [1.807, 2.05) is 17.6 Å². The van der Waals surface area contributed by atoms with Crippen LogP contribution in [0.5, 0.6) is 0 Å². The van der Waals surface area contributed by atoms with E-state index in [4.69, 9.17) is 4.42 Å². The van der Waals surface area contributed by atoms with Crippen LogP contribution in [0.25, 0.3) is 69.5 Å². The summed E-state index contributed by atoms with van der Waals surface area (Å²) in [6.45, 7) is 0. The Kier molecular flexibility index (Phi) is 2.53. The van der Waals surface area contributed by atoms with Crippen LogP contribution in [0, 0.1) is 0 Å². The molecule has 0 fully saturated rings. The molecule has 3 aromatic carbocycles. The van der Waals surface area contributed by atoms with Gasteiger partial charge in [-0.3, -0.25) is 2.78 Å². The molecule has 3 nitrogen and oxygen atoms in total. The Balaban J connectivity index is 1.92. The molecular weight excluding hydrogens is 491 g/mol. The summed E-state index contributed by atoms with van der Waals surface area (Å²) < 4.78 is 13.5. The third kappa shape index (κ3) is 1.57. The Morgan fingerprint density at radius 3 is 2.55 bits per heavy atom.